The quantitative estimate of drug-likeness (QED) is 0.137. The van der Waals surface area contributed by atoms with Gasteiger partial charge < -0.3 is 5.11 Å². The van der Waals surface area contributed by atoms with Gasteiger partial charge in [-0.1, -0.05) is 70.7 Å². The Morgan fingerprint density at radius 2 is 1.67 bits per heavy atom. The molecule has 1 aliphatic rings. The molecule has 1 radical (unpaired) electrons. The van der Waals surface area contributed by atoms with Gasteiger partial charge in [0.05, 0.1) is 32.7 Å². The summed E-state index contributed by atoms with van der Waals surface area (Å²) in [4.78, 5) is 21.2. The van der Waals surface area contributed by atoms with Crippen LogP contribution in [0.5, 0.6) is 0 Å². The van der Waals surface area contributed by atoms with Crippen molar-refractivity contribution in [3.8, 4) is 11.3 Å². The Labute approximate surface area is 249 Å². The molecule has 211 valence electrons. The Bertz CT molecular complexity index is 1360. The van der Waals surface area contributed by atoms with Crippen LogP contribution in [0.2, 0.25) is 0 Å². The zero-order chi connectivity index (χ0) is 27.8. The maximum atomic E-state index is 12.0. The summed E-state index contributed by atoms with van der Waals surface area (Å²) in [5.74, 6) is 0.939. The Balaban J connectivity index is 0.000000294. The van der Waals surface area contributed by atoms with Gasteiger partial charge in [0, 0.05) is 49.9 Å². The van der Waals surface area contributed by atoms with E-state index in [1.165, 1.54) is 22.6 Å². The Morgan fingerprint density at radius 3 is 2.28 bits per heavy atom. The van der Waals surface area contributed by atoms with Crippen molar-refractivity contribution in [2.75, 3.05) is 0 Å². The minimum Gasteiger partial charge on any atom is -0.512 e. The second-order valence-corrected chi connectivity index (χ2v) is 11.1. The number of aliphatic hydroxyl groups is 1. The van der Waals surface area contributed by atoms with Crippen LogP contribution in [0.3, 0.4) is 0 Å². The van der Waals surface area contributed by atoms with Crippen LogP contribution in [-0.2, 0) is 35.7 Å². The van der Waals surface area contributed by atoms with Crippen molar-refractivity contribution < 1.29 is 34.2 Å². The van der Waals surface area contributed by atoms with E-state index in [-0.39, 0.29) is 43.5 Å². The third-order valence-electron chi connectivity index (χ3n) is 7.15. The van der Waals surface area contributed by atoms with E-state index in [0.29, 0.717) is 11.6 Å². The molecule has 39 heavy (non-hydrogen) atoms. The molecule has 1 aliphatic heterocycles. The minimum atomic E-state index is -1.17. The van der Waals surface area contributed by atoms with E-state index in [0.717, 1.165) is 47.2 Å². The van der Waals surface area contributed by atoms with Gasteiger partial charge in [-0.25, -0.2) is 4.21 Å². The van der Waals surface area contributed by atoms with Crippen LogP contribution >= 0.6 is 0 Å². The van der Waals surface area contributed by atoms with Crippen molar-refractivity contribution in [1.82, 2.24) is 4.98 Å². The molecule has 2 aromatic carbocycles. The molecule has 0 fully saturated rings. The van der Waals surface area contributed by atoms with Crippen molar-refractivity contribution in [1.29, 1.82) is 0 Å². The fraction of sp³-hybridized carbons (Fsp3) is 0.406. The maximum absolute atomic E-state index is 12.0. The molecule has 0 saturated heterocycles. The molecular weight excluding hydrogens is 685 g/mol. The molecule has 1 aromatic heterocycles. The van der Waals surface area contributed by atoms with E-state index in [9.17, 15) is 14.1 Å². The van der Waals surface area contributed by atoms with Gasteiger partial charge in [-0.2, -0.15) is 0 Å². The Hall–Kier alpha value is -2.47. The number of hydrogen-bond donors (Lipinski definition) is 1. The van der Waals surface area contributed by atoms with Gasteiger partial charge in [-0.3, -0.25) is 14.8 Å². The molecule has 0 spiro atoms. The first-order valence-corrected chi connectivity index (χ1v) is 14.8. The van der Waals surface area contributed by atoms with Crippen LogP contribution in [0, 0.1) is 17.9 Å². The Kier molecular flexibility index (Phi) is 12.9. The van der Waals surface area contributed by atoms with E-state index >= 15 is 0 Å². The number of fused-ring (bicyclic) bond motifs is 2. The second-order valence-electron chi connectivity index (χ2n) is 9.88. The molecule has 1 unspecified atom stereocenters. The normalized spacial score (nSPS) is 14.4. The number of carbonyl (C=O) groups is 1. The van der Waals surface area contributed by atoms with Gasteiger partial charge >= 0.3 is 0 Å². The zero-order valence-corrected chi connectivity index (χ0v) is 26.9. The summed E-state index contributed by atoms with van der Waals surface area (Å²) in [6.45, 7) is 12.4. The van der Waals surface area contributed by atoms with Gasteiger partial charge in [0.15, 0.2) is 5.78 Å². The molecule has 0 amide bonds. The van der Waals surface area contributed by atoms with Crippen LogP contribution in [0.4, 0.5) is 5.69 Å². The fourth-order valence-corrected chi connectivity index (χ4v) is 5.57. The number of aliphatic hydroxyl groups excluding tert-OH is 1. The molecule has 0 bridgehead atoms. The molecule has 1 atom stereocenters. The van der Waals surface area contributed by atoms with E-state index in [4.69, 9.17) is 0 Å². The number of aliphatic imine (C=N–C) groups is 1. The van der Waals surface area contributed by atoms with Crippen molar-refractivity contribution in [3.63, 3.8) is 0 Å². The van der Waals surface area contributed by atoms with E-state index in [2.05, 4.69) is 48.1 Å². The molecule has 0 saturated carbocycles. The number of rotatable bonds is 9. The van der Waals surface area contributed by atoms with E-state index in [1.807, 2.05) is 39.8 Å². The predicted octanol–water partition coefficient (Wildman–Crippen LogP) is 8.47. The van der Waals surface area contributed by atoms with Crippen LogP contribution in [0.1, 0.15) is 78.7 Å². The third-order valence-corrected chi connectivity index (χ3v) is 8.21. The maximum Gasteiger partial charge on any atom is 0.162 e. The Morgan fingerprint density at radius 1 is 1.03 bits per heavy atom. The largest absolute Gasteiger partial charge is 0.512 e. The minimum absolute atomic E-state index is 0. The predicted molar refractivity (Wildman–Crippen MR) is 159 cm³/mol. The van der Waals surface area contributed by atoms with Crippen molar-refractivity contribution >= 4 is 38.6 Å². The van der Waals surface area contributed by atoms with Gasteiger partial charge in [0.1, 0.15) is 0 Å². The number of ketones is 1. The first-order valence-electron chi connectivity index (χ1n) is 13.6. The fourth-order valence-electron chi connectivity index (χ4n) is 4.72. The van der Waals surface area contributed by atoms with Crippen LogP contribution in [-0.4, -0.2) is 25.6 Å². The SMILES string of the molecule is CC(C)c1cc(-c2nccc3c2N=CS3=O)[c-]c2ccccc12.CCC(CC)C(=O)/C=C(\O)C(CC)CC.[Ir]. The number of nitrogens with zero attached hydrogens (tertiary/aromatic N) is 2. The average Bonchev–Trinajstić information content (AvgIpc) is 3.30. The van der Waals surface area contributed by atoms with E-state index < -0.39 is 10.8 Å². The van der Waals surface area contributed by atoms with Gasteiger partial charge in [0.2, 0.25) is 0 Å². The van der Waals surface area contributed by atoms with Crippen molar-refractivity contribution in [2.45, 2.75) is 78.0 Å². The summed E-state index contributed by atoms with van der Waals surface area (Å²) < 4.78 is 12.0. The van der Waals surface area contributed by atoms with Gasteiger partial charge in [0.25, 0.3) is 0 Å². The zero-order valence-electron chi connectivity index (χ0n) is 23.7. The first-order chi connectivity index (χ1) is 18.2. The third kappa shape index (κ3) is 7.81. The molecule has 0 aliphatic carbocycles. The monoisotopic (exact) mass is 724 g/mol. The number of hydrogen-bond acceptors (Lipinski definition) is 5. The summed E-state index contributed by atoms with van der Waals surface area (Å²) in [5, 5.41) is 12.0. The summed E-state index contributed by atoms with van der Waals surface area (Å²) in [6, 6.07) is 15.6. The van der Waals surface area contributed by atoms with Crippen LogP contribution in [0.25, 0.3) is 22.0 Å². The molecule has 5 nitrogen and oxygen atoms in total. The van der Waals surface area contributed by atoms with Crippen LogP contribution in [0.15, 0.2) is 64.3 Å². The van der Waals surface area contributed by atoms with E-state index in [1.54, 1.807) is 12.3 Å². The van der Waals surface area contributed by atoms with Crippen LogP contribution < -0.4 is 0 Å². The standard InChI is InChI=1S/C19H15N2OS.C13H24O2.Ir/c1-12(2)16-10-14(9-13-5-3-4-6-15(13)16)18-19-17(7-8-20-18)23(22)11-21-19;1-5-10(6-2)12(14)9-13(15)11(7-3)8-4;/h3-8,10-12H,1-2H3;9-11,14H,5-8H2,1-4H3;/q-1;;/b;12-9-;. The smallest absolute Gasteiger partial charge is 0.162 e. The number of aromatic nitrogens is 1. The van der Waals surface area contributed by atoms with Crippen molar-refractivity contribution in [3.05, 3.63) is 66.1 Å². The number of benzene rings is 2. The molecule has 3 aromatic rings. The molecule has 7 heteroatoms. The average molecular weight is 724 g/mol. The molecule has 2 heterocycles. The summed E-state index contributed by atoms with van der Waals surface area (Å²) in [6.07, 6.45) is 6.60. The first kappa shape index (κ1) is 32.7. The molecule has 4 rings (SSSR count). The summed E-state index contributed by atoms with van der Waals surface area (Å²) >= 11 is 0. The van der Waals surface area contributed by atoms with Crippen molar-refractivity contribution in [2.24, 2.45) is 16.8 Å². The summed E-state index contributed by atoms with van der Waals surface area (Å²) in [5.41, 5.74) is 5.08. The topological polar surface area (TPSA) is 79.6 Å². The summed E-state index contributed by atoms with van der Waals surface area (Å²) in [7, 11) is -1.17. The van der Waals surface area contributed by atoms with Gasteiger partial charge in [-0.15, -0.1) is 29.1 Å². The van der Waals surface area contributed by atoms with Gasteiger partial charge in [-0.05, 0) is 37.7 Å². The molecular formula is C32H39IrN2O3S-. The number of pyridine rings is 1. The number of allylic oxidation sites excluding steroid dienone is 2. The second kappa shape index (κ2) is 15.4. The molecule has 1 N–H and O–H groups in total. The number of carbonyl (C=O) groups excluding carboxylic acids is 1.